The molecule has 0 heterocycles. The quantitative estimate of drug-likeness (QED) is 0.173. The van der Waals surface area contributed by atoms with Crippen LogP contribution in [0.5, 0.6) is 5.75 Å². The number of anilines is 1. The van der Waals surface area contributed by atoms with Crippen molar-refractivity contribution in [2.24, 2.45) is 0 Å². The molecule has 0 fully saturated rings. The van der Waals surface area contributed by atoms with Crippen LogP contribution in [0.3, 0.4) is 0 Å². The number of phenolic OH excluding ortho intramolecular Hbond substituents is 1. The average Bonchev–Trinajstić information content (AvgIpc) is 2.27. The van der Waals surface area contributed by atoms with Crippen molar-refractivity contribution in [2.75, 3.05) is 18.9 Å². The molecule has 0 aliphatic heterocycles. The molecule has 16 heavy (non-hydrogen) atoms. The summed E-state index contributed by atoms with van der Waals surface area (Å²) in [6, 6.07) is 4.13. The number of phenols is 1. The SMILES string of the molecule is Nc1ccc(O)c(C(=O)OCCCOO)c1. The van der Waals surface area contributed by atoms with E-state index in [1.165, 1.54) is 18.2 Å². The molecule has 0 aliphatic rings. The van der Waals surface area contributed by atoms with E-state index in [1.807, 2.05) is 0 Å². The number of hydrogen-bond acceptors (Lipinski definition) is 6. The minimum Gasteiger partial charge on any atom is -0.507 e. The number of nitrogen functional groups attached to an aromatic ring is 1. The number of aromatic hydroxyl groups is 1. The van der Waals surface area contributed by atoms with E-state index in [-0.39, 0.29) is 24.5 Å². The summed E-state index contributed by atoms with van der Waals surface area (Å²) in [7, 11) is 0. The van der Waals surface area contributed by atoms with Gasteiger partial charge < -0.3 is 15.6 Å². The van der Waals surface area contributed by atoms with Gasteiger partial charge in [-0.15, -0.1) is 0 Å². The van der Waals surface area contributed by atoms with E-state index >= 15 is 0 Å². The van der Waals surface area contributed by atoms with E-state index in [2.05, 4.69) is 4.89 Å². The Balaban J connectivity index is 2.55. The van der Waals surface area contributed by atoms with E-state index < -0.39 is 5.97 Å². The van der Waals surface area contributed by atoms with Crippen LogP contribution in [0.4, 0.5) is 5.69 Å². The first-order valence-corrected chi connectivity index (χ1v) is 4.67. The number of carbonyl (C=O) groups excluding carboxylic acids is 1. The normalized spacial score (nSPS) is 10.1. The molecule has 0 saturated heterocycles. The van der Waals surface area contributed by atoms with Crippen LogP contribution in [0.1, 0.15) is 16.8 Å². The summed E-state index contributed by atoms with van der Waals surface area (Å²) in [6.45, 7) is 0.170. The fraction of sp³-hybridized carbons (Fsp3) is 0.300. The Morgan fingerprint density at radius 1 is 1.38 bits per heavy atom. The molecular formula is C10H13NO5. The Morgan fingerprint density at radius 2 is 2.12 bits per heavy atom. The van der Waals surface area contributed by atoms with Crippen LogP contribution in [-0.4, -0.2) is 29.5 Å². The van der Waals surface area contributed by atoms with Crippen molar-refractivity contribution in [3.05, 3.63) is 23.8 Å². The molecule has 0 bridgehead atoms. The number of benzene rings is 1. The summed E-state index contributed by atoms with van der Waals surface area (Å²) in [5.74, 6) is -0.847. The van der Waals surface area contributed by atoms with Crippen LogP contribution in [0.2, 0.25) is 0 Å². The van der Waals surface area contributed by atoms with Gasteiger partial charge in [0.05, 0.1) is 13.2 Å². The molecule has 6 nitrogen and oxygen atoms in total. The number of hydrogen-bond donors (Lipinski definition) is 3. The maximum atomic E-state index is 11.4. The summed E-state index contributed by atoms with van der Waals surface area (Å²) in [5.41, 5.74) is 5.85. The lowest BCUT2D eigenvalue weighted by Crippen LogP contribution is -2.08. The largest absolute Gasteiger partial charge is 0.507 e. The van der Waals surface area contributed by atoms with Crippen LogP contribution in [-0.2, 0) is 9.62 Å². The Bertz CT molecular complexity index is 366. The standard InChI is InChI=1S/C10H13NO5/c11-7-2-3-9(12)8(6-7)10(13)15-4-1-5-16-14/h2-3,6,12,14H,1,4-5,11H2. The van der Waals surface area contributed by atoms with Crippen molar-refractivity contribution in [1.29, 1.82) is 0 Å². The van der Waals surface area contributed by atoms with Crippen molar-refractivity contribution >= 4 is 11.7 Å². The first-order valence-electron chi connectivity index (χ1n) is 4.67. The van der Waals surface area contributed by atoms with Crippen molar-refractivity contribution < 1.29 is 24.8 Å². The molecule has 0 spiro atoms. The van der Waals surface area contributed by atoms with Crippen LogP contribution in [0.25, 0.3) is 0 Å². The smallest absolute Gasteiger partial charge is 0.341 e. The Hall–Kier alpha value is -1.79. The molecule has 0 radical (unpaired) electrons. The van der Waals surface area contributed by atoms with Gasteiger partial charge in [-0.05, 0) is 18.2 Å². The molecule has 1 aromatic carbocycles. The molecule has 1 rings (SSSR count). The zero-order valence-corrected chi connectivity index (χ0v) is 8.55. The lowest BCUT2D eigenvalue weighted by atomic mass is 10.2. The number of nitrogens with two attached hydrogens (primary N) is 1. The van der Waals surface area contributed by atoms with Gasteiger partial charge in [0.1, 0.15) is 11.3 Å². The Labute approximate surface area is 92.1 Å². The number of carbonyl (C=O) groups is 1. The molecule has 6 heteroatoms. The zero-order valence-electron chi connectivity index (χ0n) is 8.55. The summed E-state index contributed by atoms with van der Waals surface area (Å²) in [6.07, 6.45) is 0.366. The van der Waals surface area contributed by atoms with Crippen molar-refractivity contribution in [2.45, 2.75) is 6.42 Å². The maximum Gasteiger partial charge on any atom is 0.341 e. The van der Waals surface area contributed by atoms with Gasteiger partial charge in [-0.3, -0.25) is 5.26 Å². The van der Waals surface area contributed by atoms with Gasteiger partial charge in [-0.25, -0.2) is 9.68 Å². The lowest BCUT2D eigenvalue weighted by Gasteiger charge is -2.06. The van der Waals surface area contributed by atoms with Crippen LogP contribution >= 0.6 is 0 Å². The molecule has 0 aromatic heterocycles. The highest BCUT2D eigenvalue weighted by molar-refractivity contribution is 5.93. The van der Waals surface area contributed by atoms with Gasteiger partial charge in [0.2, 0.25) is 0 Å². The molecule has 88 valence electrons. The highest BCUT2D eigenvalue weighted by Gasteiger charge is 2.12. The molecule has 1 aromatic rings. The molecular weight excluding hydrogens is 214 g/mol. The zero-order chi connectivity index (χ0) is 12.0. The first-order chi connectivity index (χ1) is 7.65. The van der Waals surface area contributed by atoms with Crippen molar-refractivity contribution in [1.82, 2.24) is 0 Å². The highest BCUT2D eigenvalue weighted by atomic mass is 17.1. The van der Waals surface area contributed by atoms with Gasteiger partial charge in [-0.2, -0.15) is 0 Å². The number of ether oxygens (including phenoxy) is 1. The number of esters is 1. The third-order valence-corrected chi connectivity index (χ3v) is 1.85. The average molecular weight is 227 g/mol. The molecule has 0 saturated carbocycles. The van der Waals surface area contributed by atoms with Gasteiger partial charge in [-0.1, -0.05) is 0 Å². The fourth-order valence-electron chi connectivity index (χ4n) is 1.08. The second kappa shape index (κ2) is 5.94. The summed E-state index contributed by atoms with van der Waals surface area (Å²) >= 11 is 0. The molecule has 0 unspecified atom stereocenters. The van der Waals surface area contributed by atoms with Crippen LogP contribution in [0.15, 0.2) is 18.2 Å². The Morgan fingerprint density at radius 3 is 2.81 bits per heavy atom. The predicted octanol–water partition coefficient (Wildman–Crippen LogP) is 1.01. The highest BCUT2D eigenvalue weighted by Crippen LogP contribution is 2.20. The molecule has 0 atom stereocenters. The summed E-state index contributed by atoms with van der Waals surface area (Å²) in [4.78, 5) is 15.3. The second-order valence-corrected chi connectivity index (χ2v) is 3.10. The minimum atomic E-state index is -0.664. The van der Waals surface area contributed by atoms with E-state index in [0.717, 1.165) is 0 Å². The molecule has 0 aliphatic carbocycles. The third-order valence-electron chi connectivity index (χ3n) is 1.85. The first kappa shape index (κ1) is 12.3. The fourth-order valence-corrected chi connectivity index (χ4v) is 1.08. The van der Waals surface area contributed by atoms with Gasteiger partial charge in [0.25, 0.3) is 0 Å². The van der Waals surface area contributed by atoms with Gasteiger partial charge in [0, 0.05) is 12.1 Å². The topological polar surface area (TPSA) is 102 Å². The van der Waals surface area contributed by atoms with E-state index in [4.69, 9.17) is 15.7 Å². The Kier molecular flexibility index (Phi) is 4.56. The minimum absolute atomic E-state index is 0.0184. The lowest BCUT2D eigenvalue weighted by molar-refractivity contribution is -0.243. The summed E-state index contributed by atoms with van der Waals surface area (Å²) < 4.78 is 4.82. The third kappa shape index (κ3) is 3.41. The van der Waals surface area contributed by atoms with E-state index in [9.17, 15) is 9.90 Å². The number of rotatable bonds is 5. The van der Waals surface area contributed by atoms with E-state index in [1.54, 1.807) is 0 Å². The predicted molar refractivity (Wildman–Crippen MR) is 56.0 cm³/mol. The van der Waals surface area contributed by atoms with Gasteiger partial charge in [0.15, 0.2) is 0 Å². The van der Waals surface area contributed by atoms with Crippen LogP contribution in [0, 0.1) is 0 Å². The van der Waals surface area contributed by atoms with Crippen molar-refractivity contribution in [3.63, 3.8) is 0 Å². The molecule has 0 amide bonds. The van der Waals surface area contributed by atoms with E-state index in [0.29, 0.717) is 12.1 Å². The van der Waals surface area contributed by atoms with Crippen LogP contribution < -0.4 is 5.73 Å². The maximum absolute atomic E-state index is 11.4. The van der Waals surface area contributed by atoms with Gasteiger partial charge >= 0.3 is 5.97 Å². The van der Waals surface area contributed by atoms with Crippen molar-refractivity contribution in [3.8, 4) is 5.75 Å². The monoisotopic (exact) mass is 227 g/mol. The second-order valence-electron chi connectivity index (χ2n) is 3.10. The summed E-state index contributed by atoms with van der Waals surface area (Å²) in [5, 5.41) is 17.4. The molecule has 4 N–H and O–H groups in total.